The van der Waals surface area contributed by atoms with Crippen molar-refractivity contribution in [2.75, 3.05) is 20.1 Å². The molecular weight excluding hydrogens is 293 g/mol. The topological polar surface area (TPSA) is 32.3 Å². The molecule has 1 amide bonds. The Labute approximate surface area is 128 Å². The second-order valence-electron chi connectivity index (χ2n) is 5.79. The minimum Gasteiger partial charge on any atom is -0.355 e. The van der Waals surface area contributed by atoms with Crippen molar-refractivity contribution in [2.45, 2.75) is 37.4 Å². The fourth-order valence-corrected chi connectivity index (χ4v) is 2.83. The Kier molecular flexibility index (Phi) is 5.45. The normalized spacial score (nSPS) is 20.8. The summed E-state index contributed by atoms with van der Waals surface area (Å²) in [5.41, 5.74) is 0.128. The number of halogens is 3. The maximum Gasteiger partial charge on any atom is 0.396 e. The fourth-order valence-electron chi connectivity index (χ4n) is 2.83. The lowest BCUT2D eigenvalue weighted by Gasteiger charge is -2.22. The van der Waals surface area contributed by atoms with Gasteiger partial charge in [0, 0.05) is 19.0 Å². The van der Waals surface area contributed by atoms with Crippen molar-refractivity contribution in [3.8, 4) is 0 Å². The van der Waals surface area contributed by atoms with Gasteiger partial charge >= 0.3 is 6.18 Å². The molecule has 0 spiro atoms. The number of hydrogen-bond acceptors (Lipinski definition) is 2. The van der Waals surface area contributed by atoms with Crippen molar-refractivity contribution in [1.29, 1.82) is 0 Å². The van der Waals surface area contributed by atoms with Gasteiger partial charge in [0.25, 0.3) is 0 Å². The van der Waals surface area contributed by atoms with Crippen LogP contribution in [0.5, 0.6) is 0 Å². The summed E-state index contributed by atoms with van der Waals surface area (Å²) in [6.07, 6.45) is -2.96. The minimum atomic E-state index is -4.43. The summed E-state index contributed by atoms with van der Waals surface area (Å²) in [5.74, 6) is -2.30. The highest BCUT2D eigenvalue weighted by atomic mass is 19.4. The first kappa shape index (κ1) is 16.8. The van der Waals surface area contributed by atoms with E-state index in [2.05, 4.69) is 10.2 Å². The second-order valence-corrected chi connectivity index (χ2v) is 5.79. The van der Waals surface area contributed by atoms with Crippen LogP contribution in [-0.2, 0) is 4.79 Å². The van der Waals surface area contributed by atoms with E-state index in [-0.39, 0.29) is 11.6 Å². The zero-order chi connectivity index (χ0) is 16.2. The van der Waals surface area contributed by atoms with Crippen LogP contribution in [0.4, 0.5) is 13.2 Å². The molecule has 1 saturated heterocycles. The maximum atomic E-state index is 13.2. The molecule has 1 heterocycles. The van der Waals surface area contributed by atoms with Crippen molar-refractivity contribution < 1.29 is 18.0 Å². The number of alkyl halides is 3. The number of likely N-dealkylation sites (N-methyl/N-ethyl adjacent to an activating group) is 1. The van der Waals surface area contributed by atoms with Crippen molar-refractivity contribution in [2.24, 2.45) is 0 Å². The molecule has 0 aromatic heterocycles. The number of amides is 1. The van der Waals surface area contributed by atoms with E-state index in [1.54, 1.807) is 18.2 Å². The van der Waals surface area contributed by atoms with Crippen molar-refractivity contribution in [3.05, 3.63) is 35.9 Å². The zero-order valence-electron chi connectivity index (χ0n) is 12.6. The predicted octanol–water partition coefficient (Wildman–Crippen LogP) is 2.93. The van der Waals surface area contributed by atoms with Gasteiger partial charge in [-0.3, -0.25) is 4.79 Å². The molecule has 1 aromatic carbocycles. The lowest BCUT2D eigenvalue weighted by atomic mass is 9.95. The van der Waals surface area contributed by atoms with Gasteiger partial charge in [-0.15, -0.1) is 0 Å². The Morgan fingerprint density at radius 2 is 2.05 bits per heavy atom. The summed E-state index contributed by atoms with van der Waals surface area (Å²) < 4.78 is 39.5. The predicted molar refractivity (Wildman–Crippen MR) is 78.5 cm³/mol. The van der Waals surface area contributed by atoms with Crippen LogP contribution in [0.2, 0.25) is 0 Å². The van der Waals surface area contributed by atoms with Crippen LogP contribution in [0.15, 0.2) is 30.3 Å². The molecule has 0 bridgehead atoms. The van der Waals surface area contributed by atoms with Crippen molar-refractivity contribution in [1.82, 2.24) is 10.2 Å². The van der Waals surface area contributed by atoms with Crippen LogP contribution in [0, 0.1) is 0 Å². The molecule has 2 rings (SSSR count). The second kappa shape index (κ2) is 7.13. The van der Waals surface area contributed by atoms with E-state index in [1.165, 1.54) is 12.1 Å². The third-order valence-corrected chi connectivity index (χ3v) is 4.19. The first-order valence-electron chi connectivity index (χ1n) is 7.46. The lowest BCUT2D eigenvalue weighted by molar-refractivity contribution is -0.157. The van der Waals surface area contributed by atoms with Crippen molar-refractivity contribution >= 4 is 5.91 Å². The highest BCUT2D eigenvalue weighted by molar-refractivity contribution is 5.77. The van der Waals surface area contributed by atoms with Crippen molar-refractivity contribution in [3.63, 3.8) is 0 Å². The molecule has 0 aliphatic carbocycles. The van der Waals surface area contributed by atoms with Gasteiger partial charge < -0.3 is 10.2 Å². The van der Waals surface area contributed by atoms with Gasteiger partial charge in [-0.1, -0.05) is 30.3 Å². The van der Waals surface area contributed by atoms with Crippen LogP contribution in [0.3, 0.4) is 0 Å². The molecule has 1 N–H and O–H groups in total. The van der Waals surface area contributed by atoms with Gasteiger partial charge in [0.1, 0.15) is 0 Å². The molecule has 1 fully saturated rings. The van der Waals surface area contributed by atoms with E-state index in [0.717, 1.165) is 19.4 Å². The molecule has 122 valence electrons. The van der Waals surface area contributed by atoms with Crippen LogP contribution in [0.1, 0.15) is 30.7 Å². The number of benzene rings is 1. The first-order valence-corrected chi connectivity index (χ1v) is 7.46. The van der Waals surface area contributed by atoms with Crippen LogP contribution < -0.4 is 5.32 Å². The molecule has 1 aromatic rings. The quantitative estimate of drug-likeness (QED) is 0.906. The fraction of sp³-hybridized carbons (Fsp3) is 0.562. The molecule has 0 saturated carbocycles. The maximum absolute atomic E-state index is 13.2. The summed E-state index contributed by atoms with van der Waals surface area (Å²) in [4.78, 5) is 14.0. The van der Waals surface area contributed by atoms with Gasteiger partial charge in [0.15, 0.2) is 0 Å². The van der Waals surface area contributed by atoms with E-state index < -0.39 is 24.4 Å². The Balaban J connectivity index is 1.94. The Morgan fingerprint density at radius 1 is 1.36 bits per heavy atom. The molecular formula is C16H21F3N2O. The number of hydrogen-bond donors (Lipinski definition) is 1. The molecule has 1 aliphatic rings. The van der Waals surface area contributed by atoms with E-state index in [9.17, 15) is 18.0 Å². The Hall–Kier alpha value is -1.56. The van der Waals surface area contributed by atoms with Gasteiger partial charge in [0.2, 0.25) is 5.91 Å². The van der Waals surface area contributed by atoms with E-state index in [4.69, 9.17) is 0 Å². The average Bonchev–Trinajstić information content (AvgIpc) is 2.87. The number of likely N-dealkylation sites (tertiary alicyclic amines) is 1. The minimum absolute atomic E-state index is 0.128. The van der Waals surface area contributed by atoms with Gasteiger partial charge in [0.05, 0.1) is 5.92 Å². The van der Waals surface area contributed by atoms with E-state index in [1.807, 2.05) is 7.05 Å². The Morgan fingerprint density at radius 3 is 2.59 bits per heavy atom. The SMILES string of the molecule is CN1CCC[C@H]1CNC(=O)C[C@H](c1ccccc1)C(F)(F)F. The highest BCUT2D eigenvalue weighted by Gasteiger charge is 2.41. The summed E-state index contributed by atoms with van der Waals surface area (Å²) in [7, 11) is 1.96. The molecule has 3 nitrogen and oxygen atoms in total. The molecule has 2 atom stereocenters. The summed E-state index contributed by atoms with van der Waals surface area (Å²) in [6.45, 7) is 1.38. The van der Waals surface area contributed by atoms with Gasteiger partial charge in [-0.2, -0.15) is 13.2 Å². The third-order valence-electron chi connectivity index (χ3n) is 4.19. The van der Waals surface area contributed by atoms with Crippen LogP contribution in [0.25, 0.3) is 0 Å². The molecule has 22 heavy (non-hydrogen) atoms. The van der Waals surface area contributed by atoms with E-state index >= 15 is 0 Å². The average molecular weight is 314 g/mol. The summed E-state index contributed by atoms with van der Waals surface area (Å²) in [6, 6.07) is 7.82. The Bertz CT molecular complexity index is 490. The van der Waals surface area contributed by atoms with E-state index in [0.29, 0.717) is 6.54 Å². The van der Waals surface area contributed by atoms with Crippen LogP contribution in [-0.4, -0.2) is 43.2 Å². The van der Waals surface area contributed by atoms with Gasteiger partial charge in [-0.05, 0) is 32.0 Å². The zero-order valence-corrected chi connectivity index (χ0v) is 12.6. The smallest absolute Gasteiger partial charge is 0.355 e. The number of carbonyl (C=O) groups is 1. The largest absolute Gasteiger partial charge is 0.396 e. The number of carbonyl (C=O) groups excluding carboxylic acids is 1. The standard InChI is InChI=1S/C16H21F3N2O/c1-21-9-5-8-13(21)11-20-15(22)10-14(16(17,18)19)12-6-3-2-4-7-12/h2-4,6-7,13-14H,5,8-11H2,1H3,(H,20,22)/t13-,14+/m0/s1. The summed E-state index contributed by atoms with van der Waals surface area (Å²) in [5, 5.41) is 2.65. The number of nitrogens with one attached hydrogen (secondary N) is 1. The monoisotopic (exact) mass is 314 g/mol. The molecule has 6 heteroatoms. The first-order chi connectivity index (χ1) is 10.4. The lowest BCUT2D eigenvalue weighted by Crippen LogP contribution is -2.39. The third kappa shape index (κ3) is 4.47. The molecule has 0 radical (unpaired) electrons. The molecule has 0 unspecified atom stereocenters. The number of rotatable bonds is 5. The molecule has 1 aliphatic heterocycles. The number of nitrogens with zero attached hydrogens (tertiary/aromatic N) is 1. The van der Waals surface area contributed by atoms with Crippen LogP contribution >= 0.6 is 0 Å². The highest BCUT2D eigenvalue weighted by Crippen LogP contribution is 2.37. The summed E-state index contributed by atoms with van der Waals surface area (Å²) >= 11 is 0. The van der Waals surface area contributed by atoms with Gasteiger partial charge in [-0.25, -0.2) is 0 Å².